The molecule has 1 amide bonds. The van der Waals surface area contributed by atoms with Gasteiger partial charge in [0.1, 0.15) is 11.6 Å². The number of hydrogen-bond donors (Lipinski definition) is 2. The van der Waals surface area contributed by atoms with Crippen molar-refractivity contribution < 1.29 is 9.53 Å². The normalized spacial score (nSPS) is 17.1. The number of likely N-dealkylation sites (N-methyl/N-ethyl adjacent to an activating group) is 1. The minimum Gasteiger partial charge on any atom is -0.437 e. The van der Waals surface area contributed by atoms with Crippen molar-refractivity contribution in [3.63, 3.8) is 0 Å². The fourth-order valence-electron chi connectivity index (χ4n) is 3.68. The van der Waals surface area contributed by atoms with Gasteiger partial charge in [0.15, 0.2) is 5.75 Å². The summed E-state index contributed by atoms with van der Waals surface area (Å²) < 4.78 is 5.82. The first-order valence-corrected chi connectivity index (χ1v) is 10.8. The number of fused-ring (bicyclic) bond motifs is 1. The molecule has 1 aromatic heterocycles. The number of nitrogens with zero attached hydrogens (tertiary/aromatic N) is 5. The van der Waals surface area contributed by atoms with Gasteiger partial charge in [0, 0.05) is 45.3 Å². The predicted molar refractivity (Wildman–Crippen MR) is 122 cm³/mol. The van der Waals surface area contributed by atoms with E-state index >= 15 is 0 Å². The fourth-order valence-corrected chi connectivity index (χ4v) is 3.68. The van der Waals surface area contributed by atoms with Gasteiger partial charge in [0.05, 0.1) is 11.4 Å². The highest BCUT2D eigenvalue weighted by molar-refractivity contribution is 5.83. The molecule has 1 aromatic carbocycles. The van der Waals surface area contributed by atoms with Crippen LogP contribution in [0.5, 0.6) is 5.75 Å². The molecular weight excluding hydrogens is 406 g/mol. The molecule has 0 unspecified atom stereocenters. The van der Waals surface area contributed by atoms with Crippen molar-refractivity contribution in [1.82, 2.24) is 19.8 Å². The van der Waals surface area contributed by atoms with Crippen molar-refractivity contribution in [2.24, 2.45) is 0 Å². The van der Waals surface area contributed by atoms with Crippen molar-refractivity contribution in [3.8, 4) is 11.8 Å². The Hall–Kier alpha value is -3.64. The minimum absolute atomic E-state index is 0.186. The van der Waals surface area contributed by atoms with E-state index in [-0.39, 0.29) is 5.91 Å². The van der Waals surface area contributed by atoms with Crippen LogP contribution in [0, 0.1) is 18.3 Å². The number of hydrogen-bond acceptors (Lipinski definition) is 8. The molecule has 2 aliphatic heterocycles. The second-order valence-corrected chi connectivity index (χ2v) is 7.98. The van der Waals surface area contributed by atoms with Crippen LogP contribution in [0.4, 0.5) is 11.6 Å². The topological polar surface area (TPSA) is 106 Å². The van der Waals surface area contributed by atoms with Crippen LogP contribution in [0.15, 0.2) is 36.3 Å². The van der Waals surface area contributed by atoms with Gasteiger partial charge in [-0.05, 0) is 38.1 Å². The third kappa shape index (κ3) is 4.81. The number of carbonyl (C=O) groups is 1. The van der Waals surface area contributed by atoms with Crippen molar-refractivity contribution in [1.29, 1.82) is 5.26 Å². The Labute approximate surface area is 187 Å². The first kappa shape index (κ1) is 21.6. The highest BCUT2D eigenvalue weighted by Gasteiger charge is 2.23. The van der Waals surface area contributed by atoms with Gasteiger partial charge in [-0.15, -0.1) is 0 Å². The number of para-hydroxylation sites is 2. The lowest BCUT2D eigenvalue weighted by atomic mass is 10.1. The molecule has 0 atom stereocenters. The Kier molecular flexibility index (Phi) is 6.52. The van der Waals surface area contributed by atoms with Gasteiger partial charge in [-0.2, -0.15) is 5.26 Å². The summed E-state index contributed by atoms with van der Waals surface area (Å²) in [5.41, 5.74) is 2.40. The second kappa shape index (κ2) is 9.66. The minimum atomic E-state index is 0.186. The molecule has 1 fully saturated rings. The number of aryl methyl sites for hydroxylation is 1. The Balaban J connectivity index is 1.37. The summed E-state index contributed by atoms with van der Waals surface area (Å²) in [6.45, 7) is 5.85. The number of carbonyl (C=O) groups excluding carboxylic acids is 1. The number of allylic oxidation sites excluding steroid dienone is 1. The van der Waals surface area contributed by atoms with E-state index in [1.807, 2.05) is 36.1 Å². The molecule has 32 heavy (non-hydrogen) atoms. The lowest BCUT2D eigenvalue weighted by Gasteiger charge is -2.32. The predicted octanol–water partition coefficient (Wildman–Crippen LogP) is 2.45. The molecular formula is C23H27N7O2. The van der Waals surface area contributed by atoms with Crippen LogP contribution in [-0.2, 0) is 4.79 Å². The number of rotatable bonds is 6. The number of aromatic nitrogens is 2. The Morgan fingerprint density at radius 2 is 2.06 bits per heavy atom. The SMILES string of the molecule is Cc1cnc(NCCCC(=O)N2CCN(C)CC2)nc1C(C#N)=C1Nc2ccccc2O1. The lowest BCUT2D eigenvalue weighted by molar-refractivity contribution is -0.132. The fraction of sp³-hybridized carbons (Fsp3) is 0.391. The van der Waals surface area contributed by atoms with Gasteiger partial charge in [-0.25, -0.2) is 9.97 Å². The molecule has 0 radical (unpaired) electrons. The van der Waals surface area contributed by atoms with E-state index in [9.17, 15) is 10.1 Å². The molecule has 0 saturated carbocycles. The summed E-state index contributed by atoms with van der Waals surface area (Å²) in [5.74, 6) is 1.64. The zero-order valence-electron chi connectivity index (χ0n) is 18.4. The zero-order chi connectivity index (χ0) is 22.5. The molecule has 4 rings (SSSR count). The third-order valence-corrected chi connectivity index (χ3v) is 5.60. The molecule has 3 heterocycles. The van der Waals surface area contributed by atoms with Crippen molar-refractivity contribution in [2.45, 2.75) is 19.8 Å². The Bertz CT molecular complexity index is 1040. The molecule has 166 valence electrons. The van der Waals surface area contributed by atoms with E-state index < -0.39 is 0 Å². The van der Waals surface area contributed by atoms with Gasteiger partial charge in [-0.3, -0.25) is 4.79 Å². The van der Waals surface area contributed by atoms with E-state index in [2.05, 4.69) is 38.6 Å². The Morgan fingerprint density at radius 1 is 1.28 bits per heavy atom. The van der Waals surface area contributed by atoms with E-state index in [1.54, 1.807) is 6.20 Å². The largest absolute Gasteiger partial charge is 0.437 e. The molecule has 2 aromatic rings. The van der Waals surface area contributed by atoms with Crippen molar-refractivity contribution in [2.75, 3.05) is 50.4 Å². The number of nitriles is 1. The highest BCUT2D eigenvalue weighted by atomic mass is 16.5. The number of anilines is 2. The molecule has 9 nitrogen and oxygen atoms in total. The summed E-state index contributed by atoms with van der Waals surface area (Å²) in [6, 6.07) is 9.71. The third-order valence-electron chi connectivity index (χ3n) is 5.60. The van der Waals surface area contributed by atoms with E-state index in [4.69, 9.17) is 4.74 Å². The first-order valence-electron chi connectivity index (χ1n) is 10.8. The van der Waals surface area contributed by atoms with Gasteiger partial charge >= 0.3 is 0 Å². The van der Waals surface area contributed by atoms with Crippen LogP contribution < -0.4 is 15.4 Å². The smallest absolute Gasteiger partial charge is 0.223 e. The summed E-state index contributed by atoms with van der Waals surface area (Å²) >= 11 is 0. The molecule has 9 heteroatoms. The molecule has 0 aliphatic carbocycles. The van der Waals surface area contributed by atoms with E-state index in [0.717, 1.165) is 37.4 Å². The maximum atomic E-state index is 12.4. The molecule has 2 N–H and O–H groups in total. The maximum Gasteiger partial charge on any atom is 0.223 e. The molecule has 0 bridgehead atoms. The highest BCUT2D eigenvalue weighted by Crippen LogP contribution is 2.35. The quantitative estimate of drug-likeness (QED) is 0.529. The average Bonchev–Trinajstić information content (AvgIpc) is 3.23. The summed E-state index contributed by atoms with van der Waals surface area (Å²) in [7, 11) is 2.07. The summed E-state index contributed by atoms with van der Waals surface area (Å²) in [4.78, 5) is 25.4. The van der Waals surface area contributed by atoms with Crippen molar-refractivity contribution in [3.05, 3.63) is 47.6 Å². The van der Waals surface area contributed by atoms with Gasteiger partial charge in [-0.1, -0.05) is 12.1 Å². The van der Waals surface area contributed by atoms with Crippen LogP contribution >= 0.6 is 0 Å². The van der Waals surface area contributed by atoms with Gasteiger partial charge in [0.2, 0.25) is 17.7 Å². The Morgan fingerprint density at radius 3 is 2.81 bits per heavy atom. The number of ether oxygens (including phenoxy) is 1. The second-order valence-electron chi connectivity index (χ2n) is 7.98. The summed E-state index contributed by atoms with van der Waals surface area (Å²) in [5, 5.41) is 16.1. The number of piperazine rings is 1. The van der Waals surface area contributed by atoms with Crippen LogP contribution in [0.3, 0.4) is 0 Å². The summed E-state index contributed by atoms with van der Waals surface area (Å²) in [6.07, 6.45) is 2.85. The zero-order valence-corrected chi connectivity index (χ0v) is 18.4. The number of benzene rings is 1. The maximum absolute atomic E-state index is 12.4. The van der Waals surface area contributed by atoms with Crippen LogP contribution in [0.1, 0.15) is 24.1 Å². The number of amides is 1. The van der Waals surface area contributed by atoms with Crippen LogP contribution in [0.2, 0.25) is 0 Å². The van der Waals surface area contributed by atoms with Crippen molar-refractivity contribution >= 4 is 23.1 Å². The van der Waals surface area contributed by atoms with E-state index in [0.29, 0.717) is 48.2 Å². The number of nitrogens with one attached hydrogen (secondary N) is 2. The molecule has 0 spiro atoms. The monoisotopic (exact) mass is 433 g/mol. The average molecular weight is 434 g/mol. The first-order chi connectivity index (χ1) is 15.5. The van der Waals surface area contributed by atoms with Gasteiger partial charge in [0.25, 0.3) is 0 Å². The van der Waals surface area contributed by atoms with Gasteiger partial charge < -0.3 is 25.2 Å². The van der Waals surface area contributed by atoms with E-state index in [1.165, 1.54) is 0 Å². The standard InChI is InChI=1S/C23H27N7O2/c1-16-15-26-23(25-9-5-8-20(31)30-12-10-29(2)11-13-30)28-21(16)17(14-24)22-27-18-6-3-4-7-19(18)32-22/h3-4,6-7,15,27H,5,8-13H2,1-2H3,(H,25,26,28). The molecule has 1 saturated heterocycles. The molecule has 2 aliphatic rings. The van der Waals surface area contributed by atoms with Crippen LogP contribution in [-0.4, -0.2) is 65.4 Å². The lowest BCUT2D eigenvalue weighted by Crippen LogP contribution is -2.47. The van der Waals surface area contributed by atoms with Crippen LogP contribution in [0.25, 0.3) is 5.57 Å².